The fourth-order valence-electron chi connectivity index (χ4n) is 1.74. The van der Waals surface area contributed by atoms with E-state index in [1.807, 2.05) is 0 Å². The molecule has 0 aromatic rings. The number of aliphatic carboxylic acids is 1. The molecule has 0 aromatic heterocycles. The van der Waals surface area contributed by atoms with Gasteiger partial charge in [-0.2, -0.15) is 0 Å². The first kappa shape index (κ1) is 13.0. The van der Waals surface area contributed by atoms with Gasteiger partial charge in [0.25, 0.3) is 0 Å². The smallest absolute Gasteiger partial charge is 0.305 e. The molecule has 1 amide bonds. The van der Waals surface area contributed by atoms with E-state index in [9.17, 15) is 9.59 Å². The predicted molar refractivity (Wildman–Crippen MR) is 58.1 cm³/mol. The van der Waals surface area contributed by atoms with Gasteiger partial charge < -0.3 is 14.7 Å². The maximum absolute atomic E-state index is 11.6. The molecule has 92 valence electrons. The zero-order valence-electron chi connectivity index (χ0n) is 9.65. The fourth-order valence-corrected chi connectivity index (χ4v) is 1.74. The number of carboxylic acids is 1. The number of ether oxygens (including phenoxy) is 1. The van der Waals surface area contributed by atoms with E-state index in [1.54, 1.807) is 7.05 Å². The number of rotatable bonds is 6. The predicted octanol–water partition coefficient (Wildman–Crippen LogP) is 0.879. The van der Waals surface area contributed by atoms with Crippen molar-refractivity contribution in [3.8, 4) is 0 Å². The van der Waals surface area contributed by atoms with Crippen molar-refractivity contribution in [1.82, 2.24) is 4.90 Å². The van der Waals surface area contributed by atoms with Gasteiger partial charge in [0.1, 0.15) is 0 Å². The van der Waals surface area contributed by atoms with E-state index in [2.05, 4.69) is 0 Å². The van der Waals surface area contributed by atoms with Crippen molar-refractivity contribution >= 4 is 11.9 Å². The Morgan fingerprint density at radius 1 is 1.44 bits per heavy atom. The molecule has 1 N–H and O–H groups in total. The SMILES string of the molecule is CN(CCC(=O)O)C(=O)CCC1CCCO1. The lowest BCUT2D eigenvalue weighted by atomic mass is 10.1. The molecule has 0 radical (unpaired) electrons. The maximum Gasteiger partial charge on any atom is 0.305 e. The minimum atomic E-state index is -0.876. The third-order valence-corrected chi connectivity index (χ3v) is 2.79. The van der Waals surface area contributed by atoms with Crippen molar-refractivity contribution in [2.24, 2.45) is 0 Å². The molecule has 16 heavy (non-hydrogen) atoms. The first-order valence-corrected chi connectivity index (χ1v) is 5.67. The first-order chi connectivity index (χ1) is 7.59. The van der Waals surface area contributed by atoms with Crippen LogP contribution in [0.2, 0.25) is 0 Å². The highest BCUT2D eigenvalue weighted by molar-refractivity contribution is 5.76. The Balaban J connectivity index is 2.15. The van der Waals surface area contributed by atoms with Crippen molar-refractivity contribution in [3.05, 3.63) is 0 Å². The highest BCUT2D eigenvalue weighted by Gasteiger charge is 2.18. The van der Waals surface area contributed by atoms with Crippen LogP contribution in [0.1, 0.15) is 32.1 Å². The zero-order chi connectivity index (χ0) is 12.0. The third-order valence-electron chi connectivity index (χ3n) is 2.79. The molecule has 0 spiro atoms. The molecule has 0 aromatic carbocycles. The molecule has 0 aliphatic carbocycles. The van der Waals surface area contributed by atoms with Crippen LogP contribution >= 0.6 is 0 Å². The van der Waals surface area contributed by atoms with Gasteiger partial charge in [-0.3, -0.25) is 9.59 Å². The summed E-state index contributed by atoms with van der Waals surface area (Å²) in [5.41, 5.74) is 0. The molecular formula is C11H19NO4. The molecule has 0 bridgehead atoms. The summed E-state index contributed by atoms with van der Waals surface area (Å²) in [5.74, 6) is -0.879. The lowest BCUT2D eigenvalue weighted by Crippen LogP contribution is -2.29. The van der Waals surface area contributed by atoms with Crippen LogP contribution in [0.5, 0.6) is 0 Å². The van der Waals surface area contributed by atoms with Gasteiger partial charge in [0.15, 0.2) is 0 Å². The standard InChI is InChI=1S/C11H19NO4/c1-12(7-6-11(14)15)10(13)5-4-9-3-2-8-16-9/h9H,2-8H2,1H3,(H,14,15). The van der Waals surface area contributed by atoms with Gasteiger partial charge >= 0.3 is 5.97 Å². The number of carbonyl (C=O) groups excluding carboxylic acids is 1. The maximum atomic E-state index is 11.6. The molecule has 1 unspecified atom stereocenters. The topological polar surface area (TPSA) is 66.8 Å². The molecule has 1 aliphatic heterocycles. The van der Waals surface area contributed by atoms with Gasteiger partial charge in [-0.05, 0) is 19.3 Å². The van der Waals surface area contributed by atoms with E-state index in [4.69, 9.17) is 9.84 Å². The fraction of sp³-hybridized carbons (Fsp3) is 0.818. The normalized spacial score (nSPS) is 19.7. The Morgan fingerprint density at radius 3 is 2.75 bits per heavy atom. The molecule has 5 heteroatoms. The number of hydrogen-bond acceptors (Lipinski definition) is 3. The summed E-state index contributed by atoms with van der Waals surface area (Å²) >= 11 is 0. The van der Waals surface area contributed by atoms with Gasteiger partial charge in [-0.1, -0.05) is 0 Å². The van der Waals surface area contributed by atoms with Crippen LogP contribution < -0.4 is 0 Å². The minimum absolute atomic E-state index is 0.00215. The van der Waals surface area contributed by atoms with Gasteiger partial charge in [0, 0.05) is 26.6 Å². The molecule has 1 heterocycles. The first-order valence-electron chi connectivity index (χ1n) is 5.67. The van der Waals surface area contributed by atoms with Crippen molar-refractivity contribution in [3.63, 3.8) is 0 Å². The third kappa shape index (κ3) is 4.61. The molecular weight excluding hydrogens is 210 g/mol. The van der Waals surface area contributed by atoms with Crippen molar-refractivity contribution in [1.29, 1.82) is 0 Å². The Labute approximate surface area is 95.4 Å². The lowest BCUT2D eigenvalue weighted by molar-refractivity contribution is -0.138. The van der Waals surface area contributed by atoms with Gasteiger partial charge in [-0.25, -0.2) is 0 Å². The van der Waals surface area contributed by atoms with E-state index in [-0.39, 0.29) is 25.0 Å². The van der Waals surface area contributed by atoms with E-state index >= 15 is 0 Å². The second-order valence-electron chi connectivity index (χ2n) is 4.13. The van der Waals surface area contributed by atoms with E-state index in [1.165, 1.54) is 4.90 Å². The summed E-state index contributed by atoms with van der Waals surface area (Å²) in [6, 6.07) is 0. The quantitative estimate of drug-likeness (QED) is 0.734. The van der Waals surface area contributed by atoms with Gasteiger partial charge in [0.05, 0.1) is 12.5 Å². The molecule has 1 fully saturated rings. The van der Waals surface area contributed by atoms with E-state index in [0.29, 0.717) is 6.42 Å². The molecule has 1 atom stereocenters. The molecule has 1 saturated heterocycles. The second-order valence-corrected chi connectivity index (χ2v) is 4.13. The number of carboxylic acid groups (broad SMARTS) is 1. The number of nitrogens with zero attached hydrogens (tertiary/aromatic N) is 1. The Bertz CT molecular complexity index is 248. The summed E-state index contributed by atoms with van der Waals surface area (Å²) in [5, 5.41) is 8.49. The molecule has 5 nitrogen and oxygen atoms in total. The van der Waals surface area contributed by atoms with Crippen molar-refractivity contribution < 1.29 is 19.4 Å². The zero-order valence-corrected chi connectivity index (χ0v) is 9.65. The monoisotopic (exact) mass is 229 g/mol. The molecule has 1 rings (SSSR count). The Hall–Kier alpha value is -1.10. The summed E-state index contributed by atoms with van der Waals surface area (Å²) in [4.78, 5) is 23.4. The van der Waals surface area contributed by atoms with Crippen LogP contribution in [-0.4, -0.2) is 48.2 Å². The van der Waals surface area contributed by atoms with E-state index < -0.39 is 5.97 Å². The van der Waals surface area contributed by atoms with E-state index in [0.717, 1.165) is 25.9 Å². The average molecular weight is 229 g/mol. The highest BCUT2D eigenvalue weighted by Crippen LogP contribution is 2.17. The summed E-state index contributed by atoms with van der Waals surface area (Å²) in [6.45, 7) is 1.08. The largest absolute Gasteiger partial charge is 0.481 e. The number of amides is 1. The second kappa shape index (κ2) is 6.48. The van der Waals surface area contributed by atoms with Crippen LogP contribution in [0.15, 0.2) is 0 Å². The van der Waals surface area contributed by atoms with Crippen LogP contribution in [0.3, 0.4) is 0 Å². The van der Waals surface area contributed by atoms with Crippen molar-refractivity contribution in [2.45, 2.75) is 38.2 Å². The van der Waals surface area contributed by atoms with Crippen molar-refractivity contribution in [2.75, 3.05) is 20.2 Å². The Morgan fingerprint density at radius 2 is 2.19 bits per heavy atom. The van der Waals surface area contributed by atoms with Crippen LogP contribution in [0.4, 0.5) is 0 Å². The average Bonchev–Trinajstić information content (AvgIpc) is 2.75. The summed E-state index contributed by atoms with van der Waals surface area (Å²) < 4.78 is 5.42. The van der Waals surface area contributed by atoms with Crippen LogP contribution in [0.25, 0.3) is 0 Å². The Kier molecular flexibility index (Phi) is 5.25. The van der Waals surface area contributed by atoms with Gasteiger partial charge in [0.2, 0.25) is 5.91 Å². The lowest BCUT2D eigenvalue weighted by Gasteiger charge is -2.17. The summed E-state index contributed by atoms with van der Waals surface area (Å²) in [6.07, 6.45) is 3.52. The molecule has 0 saturated carbocycles. The number of carbonyl (C=O) groups is 2. The number of hydrogen-bond donors (Lipinski definition) is 1. The highest BCUT2D eigenvalue weighted by atomic mass is 16.5. The minimum Gasteiger partial charge on any atom is -0.481 e. The van der Waals surface area contributed by atoms with Gasteiger partial charge in [-0.15, -0.1) is 0 Å². The van der Waals surface area contributed by atoms with Crippen LogP contribution in [-0.2, 0) is 14.3 Å². The molecule has 1 aliphatic rings. The summed E-state index contributed by atoms with van der Waals surface area (Å²) in [7, 11) is 1.64. The van der Waals surface area contributed by atoms with Crippen LogP contribution in [0, 0.1) is 0 Å².